The first-order valence-corrected chi connectivity index (χ1v) is 11.4. The van der Waals surface area contributed by atoms with Crippen LogP contribution in [-0.2, 0) is 6.54 Å². The van der Waals surface area contributed by atoms with Crippen molar-refractivity contribution in [2.24, 2.45) is 0 Å². The standard InChI is InChI=1S/C25H24FN7O/c1-15-9-16(6-7-27-15)24-20-10-17-13-33(25(34)29-21(17)11-22(20)30-31-24)19-3-2-8-32(14-19)23-5-4-18(26)12-28-23/h4-7,9-12,19H,2-3,8,13-14H2,1H3,(H,29,34)(H,30,31)/t19-/m1/s1. The van der Waals surface area contributed by atoms with Crippen LogP contribution in [0, 0.1) is 12.7 Å². The molecule has 1 atom stereocenters. The molecule has 2 N–H and O–H groups in total. The Morgan fingerprint density at radius 2 is 2.06 bits per heavy atom. The highest BCUT2D eigenvalue weighted by atomic mass is 19.1. The van der Waals surface area contributed by atoms with Crippen LogP contribution in [0.5, 0.6) is 0 Å². The highest BCUT2D eigenvalue weighted by Crippen LogP contribution is 2.34. The third-order valence-electron chi connectivity index (χ3n) is 6.67. The van der Waals surface area contributed by atoms with Crippen molar-refractivity contribution < 1.29 is 9.18 Å². The Morgan fingerprint density at radius 3 is 2.88 bits per heavy atom. The molecule has 4 aromatic rings. The number of aromatic amines is 1. The molecule has 1 saturated heterocycles. The predicted molar refractivity (Wildman–Crippen MR) is 128 cm³/mol. The van der Waals surface area contributed by atoms with Crippen LogP contribution < -0.4 is 10.2 Å². The molecule has 34 heavy (non-hydrogen) atoms. The van der Waals surface area contributed by atoms with Crippen LogP contribution in [0.25, 0.3) is 22.2 Å². The van der Waals surface area contributed by atoms with Crippen LogP contribution in [0.1, 0.15) is 24.1 Å². The van der Waals surface area contributed by atoms with Crippen molar-refractivity contribution in [3.63, 3.8) is 0 Å². The minimum absolute atomic E-state index is 0.0381. The topological polar surface area (TPSA) is 90.0 Å². The number of H-pyrrole nitrogens is 1. The molecule has 2 aliphatic heterocycles. The van der Waals surface area contributed by atoms with Gasteiger partial charge in [-0.1, -0.05) is 0 Å². The van der Waals surface area contributed by atoms with Gasteiger partial charge in [-0.05, 0) is 61.7 Å². The first-order chi connectivity index (χ1) is 16.5. The molecule has 0 bridgehead atoms. The fraction of sp³-hybridized carbons (Fsp3) is 0.280. The molecule has 1 fully saturated rings. The van der Waals surface area contributed by atoms with Gasteiger partial charge in [0, 0.05) is 48.2 Å². The molecule has 0 radical (unpaired) electrons. The maximum atomic E-state index is 13.3. The van der Waals surface area contributed by atoms with E-state index in [-0.39, 0.29) is 17.9 Å². The number of fused-ring (bicyclic) bond motifs is 2. The lowest BCUT2D eigenvalue weighted by Gasteiger charge is -2.41. The van der Waals surface area contributed by atoms with Crippen LogP contribution in [0.2, 0.25) is 0 Å². The molecule has 0 spiro atoms. The third-order valence-corrected chi connectivity index (χ3v) is 6.67. The zero-order valence-corrected chi connectivity index (χ0v) is 18.8. The zero-order chi connectivity index (χ0) is 23.2. The molecular weight excluding hydrogens is 433 g/mol. The highest BCUT2D eigenvalue weighted by molar-refractivity contribution is 6.00. The van der Waals surface area contributed by atoms with Crippen molar-refractivity contribution in [3.05, 3.63) is 65.9 Å². The number of benzene rings is 1. The van der Waals surface area contributed by atoms with Gasteiger partial charge in [-0.15, -0.1) is 0 Å². The summed E-state index contributed by atoms with van der Waals surface area (Å²) in [4.78, 5) is 25.6. The quantitative estimate of drug-likeness (QED) is 0.473. The summed E-state index contributed by atoms with van der Waals surface area (Å²) in [5.74, 6) is 0.387. The van der Waals surface area contributed by atoms with Crippen LogP contribution in [0.3, 0.4) is 0 Å². The normalized spacial score (nSPS) is 18.2. The van der Waals surface area contributed by atoms with E-state index < -0.39 is 0 Å². The number of pyridine rings is 2. The molecule has 0 aliphatic carbocycles. The van der Waals surface area contributed by atoms with Gasteiger partial charge in [0.1, 0.15) is 17.3 Å². The summed E-state index contributed by atoms with van der Waals surface area (Å²) < 4.78 is 13.3. The number of aromatic nitrogens is 4. The number of nitrogens with zero attached hydrogens (tertiary/aromatic N) is 5. The lowest BCUT2D eigenvalue weighted by molar-refractivity contribution is 0.171. The maximum Gasteiger partial charge on any atom is 0.322 e. The minimum Gasteiger partial charge on any atom is -0.355 e. The molecule has 5 heterocycles. The molecule has 8 nitrogen and oxygen atoms in total. The second-order valence-corrected chi connectivity index (χ2v) is 8.95. The molecule has 0 saturated carbocycles. The van der Waals surface area contributed by atoms with Crippen molar-refractivity contribution in [3.8, 4) is 11.3 Å². The predicted octanol–water partition coefficient (Wildman–Crippen LogP) is 4.48. The van der Waals surface area contributed by atoms with E-state index in [1.807, 2.05) is 30.0 Å². The van der Waals surface area contributed by atoms with E-state index in [2.05, 4.69) is 36.4 Å². The van der Waals surface area contributed by atoms with Crippen molar-refractivity contribution >= 4 is 28.4 Å². The van der Waals surface area contributed by atoms with Crippen molar-refractivity contribution in [1.29, 1.82) is 0 Å². The number of piperidine rings is 1. The van der Waals surface area contributed by atoms with Gasteiger partial charge in [0.2, 0.25) is 0 Å². The maximum absolute atomic E-state index is 13.3. The first-order valence-electron chi connectivity index (χ1n) is 11.4. The molecular formula is C25H24FN7O. The minimum atomic E-state index is -0.351. The Hall–Kier alpha value is -4.01. The molecule has 3 aromatic heterocycles. The third kappa shape index (κ3) is 3.63. The molecule has 9 heteroatoms. The number of hydrogen-bond donors (Lipinski definition) is 2. The van der Waals surface area contributed by atoms with Gasteiger partial charge in [0.15, 0.2) is 0 Å². The Morgan fingerprint density at radius 1 is 1.15 bits per heavy atom. The SMILES string of the molecule is Cc1cc(-c2n[nH]c3cc4c(cc23)CN([C@@H]2CCCN(c3ccc(F)cn3)C2)C(=O)N4)ccn1. The van der Waals surface area contributed by atoms with E-state index >= 15 is 0 Å². The van der Waals surface area contributed by atoms with E-state index in [4.69, 9.17) is 0 Å². The van der Waals surface area contributed by atoms with E-state index in [9.17, 15) is 9.18 Å². The average molecular weight is 458 g/mol. The summed E-state index contributed by atoms with van der Waals surface area (Å²) >= 11 is 0. The second kappa shape index (κ2) is 8.09. The number of halogens is 1. The highest BCUT2D eigenvalue weighted by Gasteiger charge is 2.33. The van der Waals surface area contributed by atoms with Gasteiger partial charge >= 0.3 is 6.03 Å². The Labute approximate surface area is 195 Å². The molecule has 0 unspecified atom stereocenters. The fourth-order valence-corrected chi connectivity index (χ4v) is 4.98. The van der Waals surface area contributed by atoms with E-state index in [1.54, 1.807) is 12.3 Å². The number of urea groups is 1. The van der Waals surface area contributed by atoms with Crippen LogP contribution >= 0.6 is 0 Å². The number of rotatable bonds is 3. The zero-order valence-electron chi connectivity index (χ0n) is 18.8. The van der Waals surface area contributed by atoms with Crippen molar-refractivity contribution in [1.82, 2.24) is 25.1 Å². The lowest BCUT2D eigenvalue weighted by atomic mass is 9.99. The molecule has 6 rings (SSSR count). The van der Waals surface area contributed by atoms with Gasteiger partial charge < -0.3 is 15.1 Å². The number of aryl methyl sites for hydroxylation is 1. The largest absolute Gasteiger partial charge is 0.355 e. The van der Waals surface area contributed by atoms with Crippen molar-refractivity contribution in [2.75, 3.05) is 23.3 Å². The van der Waals surface area contributed by atoms with Gasteiger partial charge in [-0.3, -0.25) is 10.1 Å². The molecule has 1 aromatic carbocycles. The summed E-state index contributed by atoms with van der Waals surface area (Å²) in [5.41, 5.74) is 5.55. The summed E-state index contributed by atoms with van der Waals surface area (Å²) in [6, 6.07) is 11.1. The summed E-state index contributed by atoms with van der Waals surface area (Å²) in [5, 5.41) is 11.7. The number of carbonyl (C=O) groups is 1. The van der Waals surface area contributed by atoms with Crippen LogP contribution in [0.4, 0.5) is 20.7 Å². The summed E-state index contributed by atoms with van der Waals surface area (Å²) in [6.45, 7) is 3.98. The number of anilines is 2. The average Bonchev–Trinajstić information content (AvgIpc) is 3.25. The monoisotopic (exact) mass is 457 g/mol. The van der Waals surface area contributed by atoms with Crippen molar-refractivity contribution in [2.45, 2.75) is 32.4 Å². The van der Waals surface area contributed by atoms with E-state index in [0.717, 1.165) is 64.3 Å². The number of amides is 2. The van der Waals surface area contributed by atoms with Gasteiger partial charge in [-0.2, -0.15) is 5.10 Å². The molecule has 2 aliphatic rings. The number of hydrogen-bond acceptors (Lipinski definition) is 5. The van der Waals surface area contributed by atoms with Gasteiger partial charge in [0.05, 0.1) is 17.8 Å². The second-order valence-electron chi connectivity index (χ2n) is 8.95. The van der Waals surface area contributed by atoms with E-state index in [0.29, 0.717) is 13.1 Å². The lowest BCUT2D eigenvalue weighted by Crippen LogP contribution is -2.52. The molecule has 172 valence electrons. The molecule has 2 amide bonds. The van der Waals surface area contributed by atoms with Gasteiger partial charge in [0.25, 0.3) is 0 Å². The first kappa shape index (κ1) is 20.6. The number of nitrogens with one attached hydrogen (secondary N) is 2. The summed E-state index contributed by atoms with van der Waals surface area (Å²) in [7, 11) is 0. The Bertz CT molecular complexity index is 1380. The van der Waals surface area contributed by atoms with Gasteiger partial charge in [-0.25, -0.2) is 14.2 Å². The van der Waals surface area contributed by atoms with E-state index in [1.165, 1.54) is 12.3 Å². The van der Waals surface area contributed by atoms with Crippen LogP contribution in [0.15, 0.2) is 48.8 Å². The fourth-order valence-electron chi connectivity index (χ4n) is 4.98. The summed E-state index contributed by atoms with van der Waals surface area (Å²) in [6.07, 6.45) is 4.87. The van der Waals surface area contributed by atoms with Crippen LogP contribution in [-0.4, -0.2) is 50.2 Å². The number of carbonyl (C=O) groups excluding carboxylic acids is 1. The Balaban J connectivity index is 1.29. The Kier molecular flexibility index (Phi) is 4.90. The smallest absolute Gasteiger partial charge is 0.322 e.